The van der Waals surface area contributed by atoms with Gasteiger partial charge in [-0.3, -0.25) is 8.98 Å². The fourth-order valence-corrected chi connectivity index (χ4v) is 4.22. The van der Waals surface area contributed by atoms with Crippen molar-refractivity contribution < 1.29 is 35.3 Å². The maximum Gasteiger partial charge on any atom is 0.416 e. The molecular formula is C17H21F3O5S. The topological polar surface area (TPSA) is 69.7 Å². The summed E-state index contributed by atoms with van der Waals surface area (Å²) in [5.74, 6) is -0.386. The summed E-state index contributed by atoms with van der Waals surface area (Å²) in [6.45, 7) is 3.22. The molecule has 1 aromatic rings. The molecule has 0 heterocycles. The molecule has 1 aliphatic rings. The zero-order valence-corrected chi connectivity index (χ0v) is 15.3. The number of hydrogen-bond acceptors (Lipinski definition) is 5. The maximum absolute atomic E-state index is 12.6. The van der Waals surface area contributed by atoms with Crippen LogP contribution in [0.2, 0.25) is 0 Å². The second-order valence-corrected chi connectivity index (χ2v) is 7.97. The molecule has 26 heavy (non-hydrogen) atoms. The first-order valence-electron chi connectivity index (χ1n) is 8.27. The van der Waals surface area contributed by atoms with Crippen molar-refractivity contribution in [2.45, 2.75) is 68.7 Å². The molecule has 2 rings (SSSR count). The molecule has 0 atom stereocenters. The Hall–Kier alpha value is -1.61. The zero-order valence-electron chi connectivity index (χ0n) is 14.5. The van der Waals surface area contributed by atoms with Gasteiger partial charge in [-0.2, -0.15) is 21.6 Å². The number of alkyl halides is 3. The van der Waals surface area contributed by atoms with E-state index in [0.717, 1.165) is 12.1 Å². The van der Waals surface area contributed by atoms with Crippen molar-refractivity contribution in [1.29, 1.82) is 0 Å². The largest absolute Gasteiger partial charge is 0.459 e. The van der Waals surface area contributed by atoms with Crippen LogP contribution in [0.25, 0.3) is 0 Å². The quantitative estimate of drug-likeness (QED) is 0.556. The molecular weight excluding hydrogens is 373 g/mol. The molecule has 1 fully saturated rings. The smallest absolute Gasteiger partial charge is 0.416 e. The predicted octanol–water partition coefficient (Wildman–Crippen LogP) is 4.07. The summed E-state index contributed by atoms with van der Waals surface area (Å²) < 4.78 is 72.8. The standard InChI is InChI=1S/C17H21F3O5S/c1-3-16(24-12(2)21)10-8-14(9-11-16)25-26(22,23)15-6-4-13(5-7-15)17(18,19)20/h4-7,14H,3,8-11H2,1-2H3. The van der Waals surface area contributed by atoms with Crippen LogP contribution >= 0.6 is 0 Å². The van der Waals surface area contributed by atoms with E-state index >= 15 is 0 Å². The molecule has 0 saturated heterocycles. The molecule has 9 heteroatoms. The van der Waals surface area contributed by atoms with Crippen molar-refractivity contribution >= 4 is 16.1 Å². The molecule has 0 amide bonds. The van der Waals surface area contributed by atoms with Gasteiger partial charge in [0.2, 0.25) is 0 Å². The van der Waals surface area contributed by atoms with Crippen LogP contribution < -0.4 is 0 Å². The van der Waals surface area contributed by atoms with Crippen LogP contribution in [-0.4, -0.2) is 26.1 Å². The number of carbonyl (C=O) groups excluding carboxylic acids is 1. The molecule has 1 aliphatic carbocycles. The average Bonchev–Trinajstić information content (AvgIpc) is 2.55. The molecule has 0 N–H and O–H groups in total. The van der Waals surface area contributed by atoms with Gasteiger partial charge in [-0.1, -0.05) is 6.92 Å². The van der Waals surface area contributed by atoms with Gasteiger partial charge in [-0.05, 0) is 56.4 Å². The summed E-state index contributed by atoms with van der Waals surface area (Å²) in [4.78, 5) is 10.9. The highest BCUT2D eigenvalue weighted by molar-refractivity contribution is 7.86. The predicted molar refractivity (Wildman–Crippen MR) is 86.8 cm³/mol. The van der Waals surface area contributed by atoms with Crippen LogP contribution in [0, 0.1) is 0 Å². The van der Waals surface area contributed by atoms with Gasteiger partial charge in [-0.15, -0.1) is 0 Å². The molecule has 0 unspecified atom stereocenters. The van der Waals surface area contributed by atoms with Crippen LogP contribution in [0.3, 0.4) is 0 Å². The van der Waals surface area contributed by atoms with Crippen molar-refractivity contribution in [2.24, 2.45) is 0 Å². The number of esters is 1. The zero-order chi connectivity index (χ0) is 19.6. The second kappa shape index (κ2) is 7.56. The normalized spacial score (nSPS) is 24.3. The minimum Gasteiger partial charge on any atom is -0.459 e. The van der Waals surface area contributed by atoms with Gasteiger partial charge in [0.25, 0.3) is 10.1 Å². The first kappa shape index (κ1) is 20.7. The summed E-state index contributed by atoms with van der Waals surface area (Å²) in [6, 6.07) is 3.19. The first-order chi connectivity index (χ1) is 12.0. The SMILES string of the molecule is CCC1(OC(C)=O)CCC(OS(=O)(=O)c2ccc(C(F)(F)F)cc2)CC1. The Kier molecular flexibility index (Phi) is 6.02. The van der Waals surface area contributed by atoms with Crippen molar-refractivity contribution in [1.82, 2.24) is 0 Å². The highest BCUT2D eigenvalue weighted by Gasteiger charge is 2.38. The molecule has 0 spiro atoms. The number of halogens is 3. The van der Waals surface area contributed by atoms with Crippen molar-refractivity contribution in [3.8, 4) is 0 Å². The van der Waals surface area contributed by atoms with E-state index in [1.165, 1.54) is 6.92 Å². The second-order valence-electron chi connectivity index (χ2n) is 6.40. The van der Waals surface area contributed by atoms with Gasteiger partial charge < -0.3 is 4.74 Å². The lowest BCUT2D eigenvalue weighted by molar-refractivity contribution is -0.163. The molecule has 1 aromatic carbocycles. The minimum atomic E-state index is -4.54. The van der Waals surface area contributed by atoms with E-state index in [2.05, 4.69) is 0 Å². The Labute approximate surface area is 150 Å². The highest BCUT2D eigenvalue weighted by Crippen LogP contribution is 2.37. The highest BCUT2D eigenvalue weighted by atomic mass is 32.2. The summed E-state index contributed by atoms with van der Waals surface area (Å²) in [6.07, 6.45) is -2.83. The summed E-state index contributed by atoms with van der Waals surface area (Å²) in [7, 11) is -4.16. The van der Waals surface area contributed by atoms with Crippen LogP contribution in [0.5, 0.6) is 0 Å². The lowest BCUT2D eigenvalue weighted by atomic mass is 9.81. The molecule has 0 aliphatic heterocycles. The van der Waals surface area contributed by atoms with Gasteiger partial charge in [-0.25, -0.2) is 0 Å². The van der Waals surface area contributed by atoms with Gasteiger partial charge >= 0.3 is 12.1 Å². The number of benzene rings is 1. The molecule has 5 nitrogen and oxygen atoms in total. The van der Waals surface area contributed by atoms with E-state index in [1.54, 1.807) is 0 Å². The van der Waals surface area contributed by atoms with Crippen molar-refractivity contribution in [2.75, 3.05) is 0 Å². The van der Waals surface area contributed by atoms with E-state index < -0.39 is 33.6 Å². The van der Waals surface area contributed by atoms with E-state index in [4.69, 9.17) is 8.92 Å². The van der Waals surface area contributed by atoms with Crippen LogP contribution in [-0.2, 0) is 30.0 Å². The van der Waals surface area contributed by atoms with E-state index in [-0.39, 0.29) is 10.9 Å². The Bertz CT molecular complexity index is 733. The Morgan fingerprint density at radius 2 is 1.73 bits per heavy atom. The van der Waals surface area contributed by atoms with Crippen molar-refractivity contribution in [3.63, 3.8) is 0 Å². The number of hydrogen-bond donors (Lipinski definition) is 0. The molecule has 0 bridgehead atoms. The lowest BCUT2D eigenvalue weighted by Gasteiger charge is -2.38. The van der Waals surface area contributed by atoms with Gasteiger partial charge in [0, 0.05) is 6.92 Å². The number of carbonyl (C=O) groups is 1. The van der Waals surface area contributed by atoms with E-state index in [1.807, 2.05) is 6.92 Å². The van der Waals surface area contributed by atoms with Crippen LogP contribution in [0.4, 0.5) is 13.2 Å². The third-order valence-electron chi connectivity index (χ3n) is 4.58. The molecule has 0 radical (unpaired) electrons. The van der Waals surface area contributed by atoms with E-state index in [9.17, 15) is 26.4 Å². The van der Waals surface area contributed by atoms with Gasteiger partial charge in [0.05, 0.1) is 16.6 Å². The molecule has 0 aromatic heterocycles. The average molecular weight is 394 g/mol. The lowest BCUT2D eigenvalue weighted by Crippen LogP contribution is -2.40. The summed E-state index contributed by atoms with van der Waals surface area (Å²) in [5.41, 5.74) is -1.53. The van der Waals surface area contributed by atoms with Crippen molar-refractivity contribution in [3.05, 3.63) is 29.8 Å². The third kappa shape index (κ3) is 4.97. The summed E-state index contributed by atoms with van der Waals surface area (Å²) >= 11 is 0. The Morgan fingerprint density at radius 1 is 1.19 bits per heavy atom. The third-order valence-corrected chi connectivity index (χ3v) is 5.96. The molecule has 1 saturated carbocycles. The fraction of sp³-hybridized carbons (Fsp3) is 0.588. The Balaban J connectivity index is 2.03. The van der Waals surface area contributed by atoms with Crippen LogP contribution in [0.15, 0.2) is 29.2 Å². The number of rotatable bonds is 5. The molecule has 146 valence electrons. The monoisotopic (exact) mass is 394 g/mol. The van der Waals surface area contributed by atoms with Crippen LogP contribution in [0.1, 0.15) is 51.5 Å². The number of ether oxygens (including phenoxy) is 1. The first-order valence-corrected chi connectivity index (χ1v) is 9.68. The maximum atomic E-state index is 12.6. The minimum absolute atomic E-state index is 0.321. The van der Waals surface area contributed by atoms with Gasteiger partial charge in [0.1, 0.15) is 5.60 Å². The fourth-order valence-electron chi connectivity index (χ4n) is 3.09. The Morgan fingerprint density at radius 3 is 2.15 bits per heavy atom. The van der Waals surface area contributed by atoms with E-state index in [0.29, 0.717) is 44.2 Å². The van der Waals surface area contributed by atoms with Gasteiger partial charge in [0.15, 0.2) is 0 Å². The summed E-state index contributed by atoms with van der Waals surface area (Å²) in [5, 5.41) is 0.